The molecule has 3 heteroatoms. The van der Waals surface area contributed by atoms with Crippen molar-refractivity contribution in [3.63, 3.8) is 0 Å². The molecular weight excluding hydrogens is 176 g/mol. The molecule has 0 spiro atoms. The lowest BCUT2D eigenvalue weighted by Crippen LogP contribution is -2.41. The van der Waals surface area contributed by atoms with E-state index < -0.39 is 0 Å². The standard InChI is InChI=1S/C11H18N2O/c1-2-3-7-12-10-11(14)13-8-5-4-6-9-13/h1,12H,3-10H2. The molecule has 0 saturated carbocycles. The number of nitrogens with one attached hydrogen (secondary N) is 1. The normalized spacial score (nSPS) is 16.4. The monoisotopic (exact) mass is 194 g/mol. The first-order valence-electron chi connectivity index (χ1n) is 5.26. The van der Waals surface area contributed by atoms with E-state index in [1.165, 1.54) is 6.42 Å². The number of carbonyl (C=O) groups excluding carboxylic acids is 1. The molecule has 0 unspecified atom stereocenters. The predicted octanol–water partition coefficient (Wildman–Crippen LogP) is 0.612. The maximum atomic E-state index is 11.6. The van der Waals surface area contributed by atoms with E-state index in [0.717, 1.165) is 32.5 Å². The first-order chi connectivity index (χ1) is 6.84. The zero-order valence-electron chi connectivity index (χ0n) is 8.59. The van der Waals surface area contributed by atoms with Crippen LogP contribution in [0.2, 0.25) is 0 Å². The summed E-state index contributed by atoms with van der Waals surface area (Å²) in [5, 5.41) is 3.05. The Morgan fingerprint density at radius 2 is 2.07 bits per heavy atom. The summed E-state index contributed by atoms with van der Waals surface area (Å²) < 4.78 is 0. The number of likely N-dealkylation sites (tertiary alicyclic amines) is 1. The van der Waals surface area contributed by atoms with Gasteiger partial charge in [-0.05, 0) is 19.3 Å². The van der Waals surface area contributed by atoms with Gasteiger partial charge in [-0.15, -0.1) is 12.3 Å². The fraction of sp³-hybridized carbons (Fsp3) is 0.727. The highest BCUT2D eigenvalue weighted by Gasteiger charge is 2.15. The van der Waals surface area contributed by atoms with Gasteiger partial charge in [-0.2, -0.15) is 0 Å². The van der Waals surface area contributed by atoms with Gasteiger partial charge in [0.2, 0.25) is 5.91 Å². The second kappa shape index (κ2) is 6.44. The molecule has 0 atom stereocenters. The van der Waals surface area contributed by atoms with Crippen LogP contribution in [0.3, 0.4) is 0 Å². The van der Waals surface area contributed by atoms with Crippen LogP contribution in [0.25, 0.3) is 0 Å². The SMILES string of the molecule is C#CCCNCC(=O)N1CCCCC1. The van der Waals surface area contributed by atoms with Crippen LogP contribution in [-0.4, -0.2) is 37.0 Å². The minimum atomic E-state index is 0.210. The first kappa shape index (κ1) is 11.1. The van der Waals surface area contributed by atoms with Crippen molar-refractivity contribution in [2.75, 3.05) is 26.2 Å². The van der Waals surface area contributed by atoms with E-state index in [4.69, 9.17) is 6.42 Å². The lowest BCUT2D eigenvalue weighted by molar-refractivity contribution is -0.131. The van der Waals surface area contributed by atoms with Crippen molar-refractivity contribution in [3.8, 4) is 12.3 Å². The van der Waals surface area contributed by atoms with Crippen molar-refractivity contribution in [1.29, 1.82) is 0 Å². The summed E-state index contributed by atoms with van der Waals surface area (Å²) in [4.78, 5) is 13.5. The van der Waals surface area contributed by atoms with Crippen molar-refractivity contribution in [2.45, 2.75) is 25.7 Å². The number of carbonyl (C=O) groups is 1. The number of hydrogen-bond acceptors (Lipinski definition) is 2. The van der Waals surface area contributed by atoms with Crippen LogP contribution >= 0.6 is 0 Å². The summed E-state index contributed by atoms with van der Waals surface area (Å²) in [7, 11) is 0. The van der Waals surface area contributed by atoms with Gasteiger partial charge in [-0.1, -0.05) is 0 Å². The van der Waals surface area contributed by atoms with E-state index in [9.17, 15) is 4.79 Å². The number of amides is 1. The van der Waals surface area contributed by atoms with E-state index in [1.54, 1.807) is 0 Å². The van der Waals surface area contributed by atoms with Crippen LogP contribution in [-0.2, 0) is 4.79 Å². The highest BCUT2D eigenvalue weighted by Crippen LogP contribution is 2.07. The third kappa shape index (κ3) is 3.80. The van der Waals surface area contributed by atoms with Gasteiger partial charge in [0.15, 0.2) is 0 Å². The molecule has 1 fully saturated rings. The Balaban J connectivity index is 2.11. The van der Waals surface area contributed by atoms with Gasteiger partial charge in [-0.25, -0.2) is 0 Å². The number of terminal acetylenes is 1. The Labute approximate surface area is 85.9 Å². The topological polar surface area (TPSA) is 32.3 Å². The first-order valence-corrected chi connectivity index (χ1v) is 5.26. The summed E-state index contributed by atoms with van der Waals surface area (Å²) >= 11 is 0. The van der Waals surface area contributed by atoms with Crippen molar-refractivity contribution < 1.29 is 4.79 Å². The second-order valence-electron chi connectivity index (χ2n) is 3.57. The third-order valence-corrected chi connectivity index (χ3v) is 2.43. The molecule has 0 aromatic rings. The third-order valence-electron chi connectivity index (χ3n) is 2.43. The maximum Gasteiger partial charge on any atom is 0.236 e. The molecule has 1 N–H and O–H groups in total. The van der Waals surface area contributed by atoms with Gasteiger partial charge < -0.3 is 10.2 Å². The minimum Gasteiger partial charge on any atom is -0.342 e. The molecule has 1 heterocycles. The van der Waals surface area contributed by atoms with Gasteiger partial charge in [0.25, 0.3) is 0 Å². The largest absolute Gasteiger partial charge is 0.342 e. The van der Waals surface area contributed by atoms with Crippen LogP contribution in [0.5, 0.6) is 0 Å². The Hall–Kier alpha value is -1.01. The number of piperidine rings is 1. The Morgan fingerprint density at radius 1 is 1.36 bits per heavy atom. The van der Waals surface area contributed by atoms with Crippen molar-refractivity contribution >= 4 is 5.91 Å². The molecule has 0 aromatic carbocycles. The molecule has 14 heavy (non-hydrogen) atoms. The highest BCUT2D eigenvalue weighted by molar-refractivity contribution is 5.78. The van der Waals surface area contributed by atoms with Gasteiger partial charge in [0, 0.05) is 26.1 Å². The van der Waals surface area contributed by atoms with E-state index in [2.05, 4.69) is 11.2 Å². The Bertz CT molecular complexity index is 214. The van der Waals surface area contributed by atoms with Gasteiger partial charge in [-0.3, -0.25) is 4.79 Å². The maximum absolute atomic E-state index is 11.6. The van der Waals surface area contributed by atoms with Crippen molar-refractivity contribution in [2.24, 2.45) is 0 Å². The van der Waals surface area contributed by atoms with Crippen LogP contribution in [0.1, 0.15) is 25.7 Å². The molecule has 1 amide bonds. The molecule has 1 saturated heterocycles. The minimum absolute atomic E-state index is 0.210. The van der Waals surface area contributed by atoms with Gasteiger partial charge in [0.1, 0.15) is 0 Å². The van der Waals surface area contributed by atoms with Gasteiger partial charge in [0.05, 0.1) is 6.54 Å². The lowest BCUT2D eigenvalue weighted by Gasteiger charge is -2.26. The van der Waals surface area contributed by atoms with E-state index in [-0.39, 0.29) is 5.91 Å². The van der Waals surface area contributed by atoms with Crippen LogP contribution < -0.4 is 5.32 Å². The summed E-state index contributed by atoms with van der Waals surface area (Å²) in [6.07, 6.45) is 9.35. The molecule has 0 aliphatic carbocycles. The summed E-state index contributed by atoms with van der Waals surface area (Å²) in [5.41, 5.74) is 0. The van der Waals surface area contributed by atoms with Gasteiger partial charge >= 0.3 is 0 Å². The zero-order valence-corrected chi connectivity index (χ0v) is 8.59. The summed E-state index contributed by atoms with van der Waals surface area (Å²) in [6, 6.07) is 0. The molecule has 1 aliphatic rings. The van der Waals surface area contributed by atoms with E-state index in [1.807, 2.05) is 4.90 Å². The average Bonchev–Trinajstić information content (AvgIpc) is 2.25. The zero-order chi connectivity index (χ0) is 10.2. The summed E-state index contributed by atoms with van der Waals surface area (Å²) in [5.74, 6) is 2.74. The highest BCUT2D eigenvalue weighted by atomic mass is 16.2. The van der Waals surface area contributed by atoms with E-state index in [0.29, 0.717) is 13.0 Å². The Kier molecular flexibility index (Phi) is 5.09. The Morgan fingerprint density at radius 3 is 2.71 bits per heavy atom. The molecule has 1 rings (SSSR count). The fourth-order valence-corrected chi connectivity index (χ4v) is 1.61. The molecule has 1 aliphatic heterocycles. The van der Waals surface area contributed by atoms with Crippen LogP contribution in [0.15, 0.2) is 0 Å². The smallest absolute Gasteiger partial charge is 0.236 e. The fourth-order valence-electron chi connectivity index (χ4n) is 1.61. The molecule has 0 bridgehead atoms. The van der Waals surface area contributed by atoms with Crippen LogP contribution in [0.4, 0.5) is 0 Å². The second-order valence-corrected chi connectivity index (χ2v) is 3.57. The molecular formula is C11H18N2O. The quantitative estimate of drug-likeness (QED) is 0.525. The number of rotatable bonds is 4. The average molecular weight is 194 g/mol. The molecule has 0 aromatic heterocycles. The van der Waals surface area contributed by atoms with Crippen LogP contribution in [0, 0.1) is 12.3 Å². The van der Waals surface area contributed by atoms with Crippen molar-refractivity contribution in [1.82, 2.24) is 10.2 Å². The molecule has 78 valence electrons. The number of hydrogen-bond donors (Lipinski definition) is 1. The molecule has 3 nitrogen and oxygen atoms in total. The van der Waals surface area contributed by atoms with Crippen molar-refractivity contribution in [3.05, 3.63) is 0 Å². The predicted molar refractivity (Wildman–Crippen MR) is 56.8 cm³/mol. The lowest BCUT2D eigenvalue weighted by atomic mass is 10.1. The van der Waals surface area contributed by atoms with E-state index >= 15 is 0 Å². The number of nitrogens with zero attached hydrogens (tertiary/aromatic N) is 1. The molecule has 0 radical (unpaired) electrons. The summed E-state index contributed by atoms with van der Waals surface area (Å²) in [6.45, 7) is 3.02.